The van der Waals surface area contributed by atoms with Gasteiger partial charge in [0.1, 0.15) is 0 Å². The average molecular weight is 387 g/mol. The summed E-state index contributed by atoms with van der Waals surface area (Å²) in [7, 11) is 5.57. The van der Waals surface area contributed by atoms with Crippen LogP contribution in [0.25, 0.3) is 0 Å². The Morgan fingerprint density at radius 2 is 1.96 bits per heavy atom. The third-order valence-corrected chi connectivity index (χ3v) is 3.49. The molecular weight excluding hydrogens is 361 g/mol. The highest BCUT2D eigenvalue weighted by Gasteiger charge is 2.17. The highest BCUT2D eigenvalue weighted by molar-refractivity contribution is 6.31. The highest BCUT2D eigenvalue weighted by atomic mass is 35.5. The van der Waals surface area contributed by atoms with Crippen molar-refractivity contribution in [2.75, 3.05) is 47.4 Å². The lowest BCUT2D eigenvalue weighted by molar-refractivity contribution is -0.120. The van der Waals surface area contributed by atoms with Gasteiger partial charge in [-0.2, -0.15) is 0 Å². The van der Waals surface area contributed by atoms with Gasteiger partial charge in [-0.3, -0.25) is 4.79 Å². The summed E-state index contributed by atoms with van der Waals surface area (Å²) < 4.78 is 4.91. The van der Waals surface area contributed by atoms with Crippen LogP contribution in [0, 0.1) is 0 Å². The molecule has 8 heteroatoms. The molecule has 0 fully saturated rings. The van der Waals surface area contributed by atoms with E-state index in [1.807, 2.05) is 43.3 Å². The number of benzene rings is 1. The summed E-state index contributed by atoms with van der Waals surface area (Å²) in [6.45, 7) is 2.05. The van der Waals surface area contributed by atoms with Gasteiger partial charge < -0.3 is 20.3 Å². The predicted molar refractivity (Wildman–Crippen MR) is 100 cm³/mol. The Labute approximate surface area is 155 Å². The number of hydrogen-bond donors (Lipinski definition) is 2. The summed E-state index contributed by atoms with van der Waals surface area (Å²) in [5.41, 5.74) is 1.01. The molecule has 0 heterocycles. The second-order valence-electron chi connectivity index (χ2n) is 4.97. The summed E-state index contributed by atoms with van der Waals surface area (Å²) in [6, 6.07) is 7.74. The lowest BCUT2D eigenvalue weighted by Gasteiger charge is -2.26. The summed E-state index contributed by atoms with van der Waals surface area (Å²) in [5, 5.41) is 6.65. The molecule has 0 aromatic heterocycles. The maximum absolute atomic E-state index is 11.8. The minimum absolute atomic E-state index is 0. The van der Waals surface area contributed by atoms with Crippen LogP contribution < -0.4 is 10.6 Å². The van der Waals surface area contributed by atoms with E-state index in [4.69, 9.17) is 16.3 Å². The first-order valence-corrected chi connectivity index (χ1v) is 7.31. The molecule has 1 unspecified atom stereocenters. The van der Waals surface area contributed by atoms with Crippen LogP contribution >= 0.6 is 36.4 Å². The largest absolute Gasteiger partial charge is 0.383 e. The molecule has 0 radical (unpaired) electrons. The zero-order valence-electron chi connectivity index (χ0n) is 13.7. The van der Waals surface area contributed by atoms with Crippen LogP contribution in [0.1, 0.15) is 11.6 Å². The number of carbonyl (C=O) groups excluding carboxylic acids is 1. The van der Waals surface area contributed by atoms with Crippen molar-refractivity contribution in [3.05, 3.63) is 34.9 Å². The maximum atomic E-state index is 11.8. The second kappa shape index (κ2) is 13.8. The molecule has 134 valence electrons. The zero-order chi connectivity index (χ0) is 15.7. The molecule has 0 saturated carbocycles. The van der Waals surface area contributed by atoms with Crippen LogP contribution in [0.5, 0.6) is 0 Å². The smallest absolute Gasteiger partial charge is 0.234 e. The van der Waals surface area contributed by atoms with Crippen molar-refractivity contribution >= 4 is 42.3 Å². The number of carbonyl (C=O) groups is 1. The van der Waals surface area contributed by atoms with Crippen molar-refractivity contribution in [1.82, 2.24) is 15.5 Å². The van der Waals surface area contributed by atoms with E-state index >= 15 is 0 Å². The van der Waals surface area contributed by atoms with Crippen LogP contribution in [0.15, 0.2) is 24.3 Å². The first kappa shape index (κ1) is 24.7. The molecule has 0 aliphatic rings. The molecule has 1 aromatic rings. The Bertz CT molecular complexity index is 448. The van der Waals surface area contributed by atoms with Crippen molar-refractivity contribution in [3.8, 4) is 0 Å². The summed E-state index contributed by atoms with van der Waals surface area (Å²) >= 11 is 6.23. The van der Waals surface area contributed by atoms with Crippen LogP contribution in [0.3, 0.4) is 0 Å². The first-order chi connectivity index (χ1) is 10.1. The minimum Gasteiger partial charge on any atom is -0.383 e. The van der Waals surface area contributed by atoms with Crippen molar-refractivity contribution < 1.29 is 9.53 Å². The van der Waals surface area contributed by atoms with E-state index < -0.39 is 0 Å². The number of methoxy groups -OCH3 is 1. The van der Waals surface area contributed by atoms with E-state index in [1.54, 1.807) is 7.11 Å². The van der Waals surface area contributed by atoms with E-state index in [1.165, 1.54) is 0 Å². The third kappa shape index (κ3) is 9.35. The predicted octanol–water partition coefficient (Wildman–Crippen LogP) is 2.14. The monoisotopic (exact) mass is 385 g/mol. The first-order valence-electron chi connectivity index (χ1n) is 6.93. The number of hydrogen-bond acceptors (Lipinski definition) is 4. The van der Waals surface area contributed by atoms with E-state index in [0.717, 1.165) is 5.56 Å². The van der Waals surface area contributed by atoms with Gasteiger partial charge in [-0.15, -0.1) is 24.8 Å². The summed E-state index contributed by atoms with van der Waals surface area (Å²) in [4.78, 5) is 13.8. The average Bonchev–Trinajstić information content (AvgIpc) is 2.45. The fourth-order valence-corrected chi connectivity index (χ4v) is 2.23. The van der Waals surface area contributed by atoms with Crippen molar-refractivity contribution in [2.45, 2.75) is 6.04 Å². The molecule has 1 aromatic carbocycles. The van der Waals surface area contributed by atoms with Crippen molar-refractivity contribution in [2.24, 2.45) is 0 Å². The van der Waals surface area contributed by atoms with Crippen LogP contribution in [0.2, 0.25) is 5.02 Å². The number of ether oxygens (including phenoxy) is 1. The van der Waals surface area contributed by atoms with Gasteiger partial charge in [-0.05, 0) is 25.7 Å². The van der Waals surface area contributed by atoms with Gasteiger partial charge in [0.05, 0.1) is 19.2 Å². The van der Waals surface area contributed by atoms with Gasteiger partial charge >= 0.3 is 0 Å². The van der Waals surface area contributed by atoms with E-state index in [9.17, 15) is 4.79 Å². The molecule has 2 N–H and O–H groups in total. The summed E-state index contributed by atoms with van der Waals surface area (Å²) in [6.07, 6.45) is 0. The molecule has 1 atom stereocenters. The normalized spacial score (nSPS) is 11.3. The Kier molecular flexibility index (Phi) is 14.9. The third-order valence-electron chi connectivity index (χ3n) is 3.15. The molecule has 0 aliphatic carbocycles. The molecule has 0 spiro atoms. The van der Waals surface area contributed by atoms with E-state index in [2.05, 4.69) is 10.6 Å². The Balaban J connectivity index is 0. The highest BCUT2D eigenvalue weighted by Crippen LogP contribution is 2.25. The van der Waals surface area contributed by atoms with Gasteiger partial charge in [0.15, 0.2) is 0 Å². The number of nitrogens with one attached hydrogen (secondary N) is 2. The fourth-order valence-electron chi connectivity index (χ4n) is 1.97. The quantitative estimate of drug-likeness (QED) is 0.639. The van der Waals surface area contributed by atoms with Gasteiger partial charge in [0.25, 0.3) is 0 Å². The maximum Gasteiger partial charge on any atom is 0.234 e. The standard InChI is InChI=1S/C15H24ClN3O2.2ClH/c1-19(2)14(12-6-4-5-7-13(12)16)10-18-15(20)11-17-8-9-21-3;;/h4-7,14,17H,8-11H2,1-3H3,(H,18,20);2*1H. The SMILES string of the molecule is COCCNCC(=O)NCC(c1ccccc1Cl)N(C)C.Cl.Cl. The van der Waals surface area contributed by atoms with Crippen LogP contribution in [-0.4, -0.2) is 58.3 Å². The molecule has 5 nitrogen and oxygen atoms in total. The molecule has 0 bridgehead atoms. The molecule has 1 rings (SSSR count). The number of likely N-dealkylation sites (N-methyl/N-ethyl adjacent to an activating group) is 1. The number of nitrogens with zero attached hydrogens (tertiary/aromatic N) is 1. The van der Waals surface area contributed by atoms with Gasteiger partial charge in [-0.1, -0.05) is 29.8 Å². The molecule has 23 heavy (non-hydrogen) atoms. The second-order valence-corrected chi connectivity index (χ2v) is 5.38. The minimum atomic E-state index is -0.0370. The molecular formula is C15H26Cl3N3O2. The Morgan fingerprint density at radius 1 is 1.30 bits per heavy atom. The fraction of sp³-hybridized carbons (Fsp3) is 0.533. The lowest BCUT2D eigenvalue weighted by atomic mass is 10.1. The van der Waals surface area contributed by atoms with E-state index in [0.29, 0.717) is 24.7 Å². The summed E-state index contributed by atoms with van der Waals surface area (Å²) in [5.74, 6) is -0.0370. The Morgan fingerprint density at radius 3 is 2.52 bits per heavy atom. The van der Waals surface area contributed by atoms with Crippen LogP contribution in [0.4, 0.5) is 0 Å². The molecule has 0 aliphatic heterocycles. The Hall–Kier alpha value is -0.560. The topological polar surface area (TPSA) is 53.6 Å². The molecule has 0 saturated heterocycles. The van der Waals surface area contributed by atoms with Crippen LogP contribution in [-0.2, 0) is 9.53 Å². The van der Waals surface area contributed by atoms with Crippen molar-refractivity contribution in [1.29, 1.82) is 0 Å². The van der Waals surface area contributed by atoms with Gasteiger partial charge in [0.2, 0.25) is 5.91 Å². The van der Waals surface area contributed by atoms with Gasteiger partial charge in [0, 0.05) is 25.2 Å². The van der Waals surface area contributed by atoms with Gasteiger partial charge in [-0.25, -0.2) is 0 Å². The number of rotatable bonds is 9. The van der Waals surface area contributed by atoms with Crippen molar-refractivity contribution in [3.63, 3.8) is 0 Å². The lowest BCUT2D eigenvalue weighted by Crippen LogP contribution is -2.39. The van der Waals surface area contributed by atoms with E-state index in [-0.39, 0.29) is 43.3 Å². The zero-order valence-corrected chi connectivity index (χ0v) is 16.1. The number of halogens is 3. The number of amides is 1. The molecule has 1 amide bonds.